The molecule has 2 aromatic carbocycles. The molecular weight excluding hydrogens is 362 g/mol. The number of nitrogens with zero attached hydrogens (tertiary/aromatic N) is 3. The molecule has 1 unspecified atom stereocenters. The van der Waals surface area contributed by atoms with E-state index in [4.69, 9.17) is 4.74 Å². The second kappa shape index (κ2) is 8.88. The minimum absolute atomic E-state index is 0.0252. The van der Waals surface area contributed by atoms with E-state index in [0.717, 1.165) is 19.6 Å². The molecule has 29 heavy (non-hydrogen) atoms. The fourth-order valence-corrected chi connectivity index (χ4v) is 3.69. The van der Waals surface area contributed by atoms with Crippen LogP contribution in [-0.2, 0) is 6.54 Å². The lowest BCUT2D eigenvalue weighted by atomic mass is 10.1. The van der Waals surface area contributed by atoms with Gasteiger partial charge in [-0.15, -0.1) is 0 Å². The van der Waals surface area contributed by atoms with E-state index in [1.54, 1.807) is 18.3 Å². The zero-order valence-corrected chi connectivity index (χ0v) is 16.6. The van der Waals surface area contributed by atoms with Gasteiger partial charge in [-0.05, 0) is 30.7 Å². The number of aromatic nitrogens is 1. The van der Waals surface area contributed by atoms with Crippen LogP contribution < -0.4 is 4.74 Å². The van der Waals surface area contributed by atoms with Crippen LogP contribution in [-0.4, -0.2) is 46.4 Å². The van der Waals surface area contributed by atoms with Gasteiger partial charge in [0.25, 0.3) is 5.91 Å². The highest BCUT2D eigenvalue weighted by Gasteiger charge is 2.28. The summed E-state index contributed by atoms with van der Waals surface area (Å²) in [7, 11) is 0. The Bertz CT molecular complexity index is 947. The number of carbonyl (C=O) groups is 1. The third-order valence-electron chi connectivity index (χ3n) is 5.17. The second-order valence-electron chi connectivity index (χ2n) is 7.37. The zero-order valence-electron chi connectivity index (χ0n) is 16.6. The standard InChI is InChI=1S/C24H25N3O2/c1-19-17-26(18-20-8-4-2-5-9-20)14-15-27(19)24(28)21-12-13-25-23(16-21)29-22-10-6-3-7-11-22/h2-13,16,19H,14-15,17-18H2,1H3. The Kier molecular flexibility index (Phi) is 5.86. The lowest BCUT2D eigenvalue weighted by molar-refractivity contribution is 0.0475. The van der Waals surface area contributed by atoms with Crippen molar-refractivity contribution in [3.63, 3.8) is 0 Å². The number of piperazine rings is 1. The summed E-state index contributed by atoms with van der Waals surface area (Å²) >= 11 is 0. The van der Waals surface area contributed by atoms with E-state index in [1.807, 2.05) is 41.3 Å². The maximum atomic E-state index is 13.1. The molecule has 0 N–H and O–H groups in total. The smallest absolute Gasteiger partial charge is 0.254 e. The molecule has 0 bridgehead atoms. The van der Waals surface area contributed by atoms with Gasteiger partial charge in [0.2, 0.25) is 5.88 Å². The van der Waals surface area contributed by atoms with Gasteiger partial charge in [-0.25, -0.2) is 4.98 Å². The maximum Gasteiger partial charge on any atom is 0.254 e. The number of hydrogen-bond donors (Lipinski definition) is 0. The molecular formula is C24H25N3O2. The molecule has 1 aliphatic rings. The van der Waals surface area contributed by atoms with Crippen molar-refractivity contribution in [2.24, 2.45) is 0 Å². The van der Waals surface area contributed by atoms with Crippen molar-refractivity contribution in [2.45, 2.75) is 19.5 Å². The average Bonchev–Trinajstić information content (AvgIpc) is 2.75. The van der Waals surface area contributed by atoms with Gasteiger partial charge < -0.3 is 9.64 Å². The molecule has 1 atom stereocenters. The third-order valence-corrected chi connectivity index (χ3v) is 5.17. The van der Waals surface area contributed by atoms with E-state index in [2.05, 4.69) is 41.1 Å². The van der Waals surface area contributed by atoms with Crippen molar-refractivity contribution in [2.75, 3.05) is 19.6 Å². The number of pyridine rings is 1. The van der Waals surface area contributed by atoms with Crippen molar-refractivity contribution >= 4 is 5.91 Å². The number of benzene rings is 2. The Balaban J connectivity index is 1.40. The van der Waals surface area contributed by atoms with Crippen LogP contribution in [0, 0.1) is 0 Å². The Morgan fingerprint density at radius 3 is 2.48 bits per heavy atom. The molecule has 4 rings (SSSR count). The van der Waals surface area contributed by atoms with Gasteiger partial charge in [-0.1, -0.05) is 48.5 Å². The predicted octanol–water partition coefficient (Wildman–Crippen LogP) is 4.22. The summed E-state index contributed by atoms with van der Waals surface area (Å²) in [5.41, 5.74) is 1.91. The van der Waals surface area contributed by atoms with E-state index in [9.17, 15) is 4.79 Å². The Labute approximate surface area is 171 Å². The first kappa shape index (κ1) is 19.2. The molecule has 2 heterocycles. The normalized spacial score (nSPS) is 17.1. The predicted molar refractivity (Wildman–Crippen MR) is 113 cm³/mol. The quantitative estimate of drug-likeness (QED) is 0.658. The van der Waals surface area contributed by atoms with Gasteiger partial charge in [-0.3, -0.25) is 9.69 Å². The highest BCUT2D eigenvalue weighted by molar-refractivity contribution is 5.94. The molecule has 0 saturated carbocycles. The average molecular weight is 387 g/mol. The minimum Gasteiger partial charge on any atom is -0.439 e. The van der Waals surface area contributed by atoms with E-state index in [-0.39, 0.29) is 11.9 Å². The molecule has 1 amide bonds. The minimum atomic E-state index is 0.0252. The highest BCUT2D eigenvalue weighted by Crippen LogP contribution is 2.21. The number of hydrogen-bond acceptors (Lipinski definition) is 4. The number of amides is 1. The molecule has 148 valence electrons. The first-order valence-corrected chi connectivity index (χ1v) is 9.95. The Hall–Kier alpha value is -3.18. The van der Waals surface area contributed by atoms with Gasteiger partial charge in [0.05, 0.1) is 0 Å². The van der Waals surface area contributed by atoms with E-state index >= 15 is 0 Å². The topological polar surface area (TPSA) is 45.7 Å². The van der Waals surface area contributed by atoms with Crippen LogP contribution in [0.4, 0.5) is 0 Å². The van der Waals surface area contributed by atoms with Crippen LogP contribution in [0.15, 0.2) is 79.0 Å². The van der Waals surface area contributed by atoms with Gasteiger partial charge in [-0.2, -0.15) is 0 Å². The van der Waals surface area contributed by atoms with Crippen LogP contribution in [0.3, 0.4) is 0 Å². The SMILES string of the molecule is CC1CN(Cc2ccccc2)CCN1C(=O)c1ccnc(Oc2ccccc2)c1. The number of para-hydroxylation sites is 1. The molecule has 5 nitrogen and oxygen atoms in total. The summed E-state index contributed by atoms with van der Waals surface area (Å²) in [4.78, 5) is 21.7. The van der Waals surface area contributed by atoms with Crippen molar-refractivity contribution in [1.29, 1.82) is 0 Å². The van der Waals surface area contributed by atoms with Crippen LogP contribution in [0.5, 0.6) is 11.6 Å². The largest absolute Gasteiger partial charge is 0.439 e. The Morgan fingerprint density at radius 2 is 1.76 bits per heavy atom. The summed E-state index contributed by atoms with van der Waals surface area (Å²) in [5, 5.41) is 0. The fourth-order valence-electron chi connectivity index (χ4n) is 3.69. The van der Waals surface area contributed by atoms with E-state index in [1.165, 1.54) is 5.56 Å². The number of ether oxygens (including phenoxy) is 1. The summed E-state index contributed by atoms with van der Waals surface area (Å²) < 4.78 is 5.78. The first-order chi connectivity index (χ1) is 14.2. The van der Waals surface area contributed by atoms with Crippen molar-refractivity contribution < 1.29 is 9.53 Å². The monoisotopic (exact) mass is 387 g/mol. The molecule has 1 aromatic heterocycles. The van der Waals surface area contributed by atoms with Crippen molar-refractivity contribution in [1.82, 2.24) is 14.8 Å². The molecule has 1 saturated heterocycles. The van der Waals surface area contributed by atoms with Gasteiger partial charge in [0.15, 0.2) is 0 Å². The zero-order chi connectivity index (χ0) is 20.1. The van der Waals surface area contributed by atoms with Crippen LogP contribution in [0.2, 0.25) is 0 Å². The lowest BCUT2D eigenvalue weighted by Crippen LogP contribution is -2.53. The molecule has 0 aliphatic carbocycles. The van der Waals surface area contributed by atoms with Gasteiger partial charge >= 0.3 is 0 Å². The Morgan fingerprint density at radius 1 is 1.03 bits per heavy atom. The van der Waals surface area contributed by atoms with Crippen LogP contribution >= 0.6 is 0 Å². The van der Waals surface area contributed by atoms with Crippen molar-refractivity contribution in [3.8, 4) is 11.6 Å². The van der Waals surface area contributed by atoms with Gasteiger partial charge in [0.1, 0.15) is 5.75 Å². The first-order valence-electron chi connectivity index (χ1n) is 9.95. The second-order valence-corrected chi connectivity index (χ2v) is 7.37. The molecule has 1 aliphatic heterocycles. The van der Waals surface area contributed by atoms with E-state index in [0.29, 0.717) is 23.7 Å². The fraction of sp³-hybridized carbons (Fsp3) is 0.250. The summed E-state index contributed by atoms with van der Waals surface area (Å²) in [5.74, 6) is 1.15. The maximum absolute atomic E-state index is 13.1. The molecule has 1 fully saturated rings. The molecule has 0 spiro atoms. The van der Waals surface area contributed by atoms with Crippen molar-refractivity contribution in [3.05, 3.63) is 90.1 Å². The van der Waals surface area contributed by atoms with Crippen LogP contribution in [0.1, 0.15) is 22.8 Å². The number of rotatable bonds is 5. The van der Waals surface area contributed by atoms with Gasteiger partial charge in [0, 0.05) is 50.0 Å². The molecule has 0 radical (unpaired) electrons. The third kappa shape index (κ3) is 4.81. The highest BCUT2D eigenvalue weighted by atomic mass is 16.5. The number of carbonyl (C=O) groups excluding carboxylic acids is 1. The summed E-state index contributed by atoms with van der Waals surface area (Å²) in [6, 6.07) is 23.5. The van der Waals surface area contributed by atoms with E-state index < -0.39 is 0 Å². The summed E-state index contributed by atoms with van der Waals surface area (Å²) in [6.45, 7) is 5.46. The van der Waals surface area contributed by atoms with Crippen LogP contribution in [0.25, 0.3) is 0 Å². The molecule has 3 aromatic rings. The summed E-state index contributed by atoms with van der Waals surface area (Å²) in [6.07, 6.45) is 1.63. The molecule has 5 heteroatoms. The lowest BCUT2D eigenvalue weighted by Gasteiger charge is -2.40.